The van der Waals surface area contributed by atoms with Gasteiger partial charge in [-0.15, -0.1) is 0 Å². The smallest absolute Gasteiger partial charge is 0.207 e. The first-order valence-electron chi connectivity index (χ1n) is 30.4. The molecule has 0 nitrogen and oxygen atoms in total. The van der Waals surface area contributed by atoms with Gasteiger partial charge >= 0.3 is 0 Å². The van der Waals surface area contributed by atoms with E-state index in [-0.39, 0.29) is 25.1 Å². The lowest BCUT2D eigenvalue weighted by atomic mass is 9.33. The molecule has 88 heavy (non-hydrogen) atoms. The summed E-state index contributed by atoms with van der Waals surface area (Å²) < 4.78 is 31.0. The van der Waals surface area contributed by atoms with Crippen molar-refractivity contribution >= 4 is 165 Å². The molecule has 0 aliphatic rings. The minimum atomic E-state index is -0.344. The van der Waals surface area contributed by atoms with Gasteiger partial charge in [0.2, 0.25) is 13.4 Å². The van der Waals surface area contributed by atoms with Crippen LogP contribution in [0.15, 0.2) is 303 Å². The molecule has 406 valence electrons. The molecule has 4 heteroatoms. The second-order valence-corrected chi connectivity index (χ2v) is 23.9. The molecule has 0 aromatic heterocycles. The molecule has 0 aliphatic carbocycles. The minimum absolute atomic E-state index is 0.287. The third-order valence-electron chi connectivity index (χ3n) is 19.3. The maximum Gasteiger partial charge on any atom is 0.245 e. The van der Waals surface area contributed by atoms with Crippen LogP contribution in [0.3, 0.4) is 0 Å². The molecule has 0 saturated heterocycles. The fraction of sp³-hybridized carbons (Fsp3) is 0. The van der Waals surface area contributed by atoms with Gasteiger partial charge in [-0.3, -0.25) is 0 Å². The summed E-state index contributed by atoms with van der Waals surface area (Å²) in [4.78, 5) is 0. The molecule has 18 aromatic rings. The van der Waals surface area contributed by atoms with E-state index in [1.165, 1.54) is 108 Å². The maximum absolute atomic E-state index is 15.5. The Balaban J connectivity index is 1.08. The van der Waals surface area contributed by atoms with Gasteiger partial charge in [0.05, 0.1) is 0 Å². The zero-order valence-electron chi connectivity index (χ0n) is 47.8. The molecule has 0 radical (unpaired) electrons. The summed E-state index contributed by atoms with van der Waals surface area (Å²) in [6.07, 6.45) is 0. The van der Waals surface area contributed by atoms with E-state index in [2.05, 4.69) is 255 Å². The van der Waals surface area contributed by atoms with Crippen molar-refractivity contribution in [2.24, 2.45) is 0 Å². The van der Waals surface area contributed by atoms with Crippen molar-refractivity contribution in [3.05, 3.63) is 315 Å². The number of rotatable bonds is 8. The van der Waals surface area contributed by atoms with Gasteiger partial charge in [-0.05, 0) is 189 Å². The van der Waals surface area contributed by atoms with Crippen LogP contribution in [0, 0.1) is 11.6 Å². The molecule has 18 rings (SSSR count). The fourth-order valence-corrected chi connectivity index (χ4v) is 15.6. The first-order valence-corrected chi connectivity index (χ1v) is 30.4. The molecule has 0 spiro atoms. The van der Waals surface area contributed by atoms with Crippen LogP contribution < -0.4 is 32.8 Å². The Morgan fingerprint density at radius 2 is 0.409 bits per heavy atom. The Morgan fingerprint density at radius 3 is 0.648 bits per heavy atom. The Bertz CT molecular complexity index is 5090. The Morgan fingerprint density at radius 1 is 0.193 bits per heavy atom. The van der Waals surface area contributed by atoms with Crippen molar-refractivity contribution in [3.63, 3.8) is 0 Å². The average molecular weight is 1120 g/mol. The van der Waals surface area contributed by atoms with Crippen LogP contribution in [0.4, 0.5) is 8.78 Å². The first-order chi connectivity index (χ1) is 43.5. The average Bonchev–Trinajstić information content (AvgIpc) is 0.765. The summed E-state index contributed by atoms with van der Waals surface area (Å²) in [6.45, 7) is -0.688. The van der Waals surface area contributed by atoms with Gasteiger partial charge in [-0.2, -0.15) is 0 Å². The number of fused-ring (bicyclic) bond motifs is 8. The van der Waals surface area contributed by atoms with Crippen molar-refractivity contribution in [1.82, 2.24) is 0 Å². The molecular formula is C84H50B2F2. The lowest BCUT2D eigenvalue weighted by Crippen LogP contribution is -2.54. The van der Waals surface area contributed by atoms with Crippen LogP contribution in [-0.2, 0) is 0 Å². The topological polar surface area (TPSA) is 0 Å². The highest BCUT2D eigenvalue weighted by atomic mass is 19.1. The Labute approximate surface area is 507 Å². The maximum atomic E-state index is 15.5. The lowest BCUT2D eigenvalue weighted by Gasteiger charge is -2.28. The molecule has 0 N–H and O–H groups in total. The Kier molecular flexibility index (Phi) is 11.4. The number of halogens is 2. The van der Waals surface area contributed by atoms with Crippen molar-refractivity contribution < 1.29 is 8.78 Å². The monoisotopic (exact) mass is 1120 g/mol. The minimum Gasteiger partial charge on any atom is -0.207 e. The van der Waals surface area contributed by atoms with Crippen LogP contribution >= 0.6 is 0 Å². The molecule has 0 atom stereocenters. The number of hydrogen-bond acceptors (Lipinski definition) is 0. The molecule has 18 aromatic carbocycles. The van der Waals surface area contributed by atoms with E-state index >= 15 is 8.78 Å². The molecule has 0 saturated carbocycles. The van der Waals surface area contributed by atoms with Crippen LogP contribution in [0.1, 0.15) is 0 Å². The molecule has 0 amide bonds. The van der Waals surface area contributed by atoms with Gasteiger partial charge in [0.15, 0.2) is 0 Å². The summed E-state index contributed by atoms with van der Waals surface area (Å²) in [6, 6.07) is 109. The van der Waals surface area contributed by atoms with E-state index in [1.807, 2.05) is 24.3 Å². The van der Waals surface area contributed by atoms with Gasteiger partial charge in [0.25, 0.3) is 0 Å². The van der Waals surface area contributed by atoms with E-state index < -0.39 is 0 Å². The molecular weight excluding hydrogens is 1070 g/mol. The SMILES string of the molecule is Fc1ccc(-c2cc(B(c3c4ccccc4cc4ccccc34)c3c4ccccc4cc4ccccc34)c3ccc4c(-c5ccc(F)cc5)cc(B(c5c6ccccc6cc6ccccc56)c5c6ccccc6cc6ccccc56)c5ccc2c3c54)cc1. The third-order valence-corrected chi connectivity index (χ3v) is 19.3. The zero-order valence-corrected chi connectivity index (χ0v) is 47.8. The predicted molar refractivity (Wildman–Crippen MR) is 376 cm³/mol. The summed E-state index contributed by atoms with van der Waals surface area (Å²) in [5.74, 6) is -0.573. The van der Waals surface area contributed by atoms with E-state index in [0.29, 0.717) is 0 Å². The van der Waals surface area contributed by atoms with Gasteiger partial charge in [0, 0.05) is 0 Å². The summed E-state index contributed by atoms with van der Waals surface area (Å²) in [7, 11) is 0. The van der Waals surface area contributed by atoms with E-state index in [0.717, 1.165) is 65.5 Å². The van der Waals surface area contributed by atoms with E-state index in [1.54, 1.807) is 24.3 Å². The summed E-state index contributed by atoms with van der Waals surface area (Å²) in [5, 5.41) is 25.5. The third kappa shape index (κ3) is 7.71. The summed E-state index contributed by atoms with van der Waals surface area (Å²) >= 11 is 0. The van der Waals surface area contributed by atoms with Crippen LogP contribution in [0.2, 0.25) is 0 Å². The van der Waals surface area contributed by atoms with Gasteiger partial charge in [0.1, 0.15) is 11.6 Å². The molecule has 0 heterocycles. The van der Waals surface area contributed by atoms with E-state index in [4.69, 9.17) is 0 Å². The van der Waals surface area contributed by atoms with Crippen molar-refractivity contribution in [2.75, 3.05) is 0 Å². The van der Waals surface area contributed by atoms with E-state index in [9.17, 15) is 0 Å². The normalized spacial score (nSPS) is 12.0. The van der Waals surface area contributed by atoms with Gasteiger partial charge in [-0.1, -0.05) is 288 Å². The highest BCUT2D eigenvalue weighted by molar-refractivity contribution is 7.03. The highest BCUT2D eigenvalue weighted by Crippen LogP contribution is 2.43. The van der Waals surface area contributed by atoms with Crippen LogP contribution in [-0.4, -0.2) is 13.4 Å². The van der Waals surface area contributed by atoms with Crippen molar-refractivity contribution in [2.45, 2.75) is 0 Å². The Hall–Kier alpha value is -10.9. The summed E-state index contributed by atoms with van der Waals surface area (Å²) in [5.41, 5.74) is 11.1. The van der Waals surface area contributed by atoms with Gasteiger partial charge in [-0.25, -0.2) is 8.78 Å². The second kappa shape index (κ2) is 19.8. The predicted octanol–water partition coefficient (Wildman–Crippen LogP) is 18.5. The molecule has 0 bridgehead atoms. The second-order valence-electron chi connectivity index (χ2n) is 23.9. The fourth-order valence-electron chi connectivity index (χ4n) is 15.6. The van der Waals surface area contributed by atoms with Gasteiger partial charge < -0.3 is 0 Å². The van der Waals surface area contributed by atoms with Crippen molar-refractivity contribution in [1.29, 1.82) is 0 Å². The quantitative estimate of drug-likeness (QED) is 0.0808. The van der Waals surface area contributed by atoms with Crippen LogP contribution in [0.5, 0.6) is 0 Å². The molecule has 0 aliphatic heterocycles. The standard InChI is InChI=1S/C84H50B2F2/c87-61-37-33-51(34-38-61)75-49-77(85(81-63-25-9-1-17-53(63)45-54-18-2-10-26-64(54)81)82-65-27-11-3-19-55(65)46-56-20-4-12-28-66(56)82)73-43-41-72-76(52-35-39-62(88)40-36-52)50-78(74-44-42-71(75)79(73)80(72)74)86(83-67-29-13-5-21-57(67)47-58-22-6-14-30-68(58)83)84-69-31-15-7-23-59(69)48-60-24-8-16-32-70(60)84/h1-50H. The number of benzene rings is 18. The zero-order chi connectivity index (χ0) is 58.1. The lowest BCUT2D eigenvalue weighted by molar-refractivity contribution is 0.627. The molecule has 0 fully saturated rings. The first kappa shape index (κ1) is 50.4. The molecule has 0 unspecified atom stereocenters. The van der Waals surface area contributed by atoms with Crippen LogP contribution in [0.25, 0.3) is 141 Å². The highest BCUT2D eigenvalue weighted by Gasteiger charge is 2.36. The van der Waals surface area contributed by atoms with Crippen molar-refractivity contribution in [3.8, 4) is 22.3 Å². The largest absolute Gasteiger partial charge is 0.245 e. The number of hydrogen-bond donors (Lipinski definition) is 0.